The SMILES string of the molecule is [B][P+](CO)(CC[P+]([B])(CO)C(C)(C)C)C(C)(C)C. The first-order chi connectivity index (χ1) is 7.83. The predicted molar refractivity (Wildman–Crippen MR) is 88.8 cm³/mol. The summed E-state index contributed by atoms with van der Waals surface area (Å²) in [6.07, 6.45) is 1.59. The second kappa shape index (κ2) is 6.13. The van der Waals surface area contributed by atoms with Crippen molar-refractivity contribution in [2.24, 2.45) is 0 Å². The Morgan fingerprint density at radius 2 is 0.944 bits per heavy atom. The minimum atomic E-state index is -1.92. The molecule has 0 saturated carbocycles. The van der Waals surface area contributed by atoms with Crippen molar-refractivity contribution in [2.45, 2.75) is 51.9 Å². The van der Waals surface area contributed by atoms with Crippen LogP contribution in [0.4, 0.5) is 0 Å². The van der Waals surface area contributed by atoms with E-state index in [0.29, 0.717) is 0 Å². The molecule has 2 atom stereocenters. The zero-order chi connectivity index (χ0) is 14.8. The van der Waals surface area contributed by atoms with Gasteiger partial charge in [-0.25, -0.2) is 0 Å². The molecule has 0 aromatic heterocycles. The topological polar surface area (TPSA) is 40.5 Å². The van der Waals surface area contributed by atoms with Crippen LogP contribution in [0.15, 0.2) is 0 Å². The van der Waals surface area contributed by atoms with Gasteiger partial charge >= 0.3 is 15.1 Å². The monoisotopic (exact) mass is 288 g/mol. The van der Waals surface area contributed by atoms with Gasteiger partial charge in [0, 0.05) is 0 Å². The fraction of sp³-hybridized carbons (Fsp3) is 1.00. The molecule has 0 heterocycles. The van der Waals surface area contributed by atoms with Gasteiger partial charge in [-0.15, -0.1) is 0 Å². The summed E-state index contributed by atoms with van der Waals surface area (Å²) in [5.74, 6) is 0. The summed E-state index contributed by atoms with van der Waals surface area (Å²) < 4.78 is 0. The normalized spacial score (nSPS) is 20.2. The summed E-state index contributed by atoms with van der Waals surface area (Å²) in [7, 11) is 9.00. The third-order valence-corrected chi connectivity index (χ3v) is 12.8. The quantitative estimate of drug-likeness (QED) is 0.603. The Kier molecular flexibility index (Phi) is 6.44. The van der Waals surface area contributed by atoms with Crippen molar-refractivity contribution in [1.82, 2.24) is 0 Å². The molecule has 0 spiro atoms. The molecule has 0 aromatic rings. The molecule has 0 rings (SSSR count). The van der Waals surface area contributed by atoms with Gasteiger partial charge in [0.2, 0.25) is 0 Å². The van der Waals surface area contributed by atoms with E-state index in [0.717, 1.165) is 12.3 Å². The maximum Gasteiger partial charge on any atom is 0.368 e. The van der Waals surface area contributed by atoms with Gasteiger partial charge in [0.15, 0.2) is 0 Å². The molecule has 0 amide bonds. The van der Waals surface area contributed by atoms with Crippen molar-refractivity contribution in [3.05, 3.63) is 0 Å². The zero-order valence-electron chi connectivity index (χ0n) is 12.8. The molecule has 18 heavy (non-hydrogen) atoms. The van der Waals surface area contributed by atoms with E-state index in [9.17, 15) is 10.2 Å². The van der Waals surface area contributed by atoms with Crippen molar-refractivity contribution in [2.75, 3.05) is 25.0 Å². The maximum absolute atomic E-state index is 9.63. The van der Waals surface area contributed by atoms with E-state index in [2.05, 4.69) is 41.5 Å². The van der Waals surface area contributed by atoms with Crippen LogP contribution in [0.2, 0.25) is 0 Å². The first kappa shape index (κ1) is 18.9. The van der Waals surface area contributed by atoms with Crippen LogP contribution in [0.3, 0.4) is 0 Å². The smallest absolute Gasteiger partial charge is 0.363 e. The van der Waals surface area contributed by atoms with Crippen molar-refractivity contribution >= 4 is 29.4 Å². The molecular formula is C12H28B2O2P2+2. The molecular weight excluding hydrogens is 260 g/mol. The molecule has 0 aromatic carbocycles. The fourth-order valence-electron chi connectivity index (χ4n) is 1.59. The lowest BCUT2D eigenvalue weighted by Gasteiger charge is -2.39. The maximum atomic E-state index is 9.63. The molecule has 102 valence electrons. The third kappa shape index (κ3) is 4.20. The Morgan fingerprint density at radius 3 is 1.06 bits per heavy atom. The lowest BCUT2D eigenvalue weighted by atomic mass is 10.3. The molecule has 0 aliphatic carbocycles. The number of aliphatic hydroxyl groups is 2. The van der Waals surface area contributed by atoms with Gasteiger partial charge in [-0.2, -0.15) is 0 Å². The van der Waals surface area contributed by atoms with Crippen LogP contribution >= 0.6 is 14.3 Å². The predicted octanol–water partition coefficient (Wildman–Crippen LogP) is 2.69. The molecule has 0 fully saturated rings. The number of rotatable bonds is 5. The lowest BCUT2D eigenvalue weighted by Crippen LogP contribution is -2.31. The summed E-state index contributed by atoms with van der Waals surface area (Å²) in [6.45, 7) is 12.4. The fourth-order valence-corrected chi connectivity index (χ4v) is 6.92. The van der Waals surface area contributed by atoms with Crippen molar-refractivity contribution in [3.8, 4) is 0 Å². The van der Waals surface area contributed by atoms with Crippen molar-refractivity contribution in [3.63, 3.8) is 0 Å². The van der Waals surface area contributed by atoms with E-state index in [1.165, 1.54) is 0 Å². The second-order valence-electron chi connectivity index (χ2n) is 7.14. The van der Waals surface area contributed by atoms with Crippen molar-refractivity contribution in [1.29, 1.82) is 0 Å². The Balaban J connectivity index is 4.93. The summed E-state index contributed by atoms with van der Waals surface area (Å²) in [5, 5.41) is 19.1. The Bertz CT molecular complexity index is 248. The van der Waals surface area contributed by atoms with E-state index in [1.807, 2.05) is 0 Å². The van der Waals surface area contributed by atoms with E-state index in [1.54, 1.807) is 0 Å². The summed E-state index contributed by atoms with van der Waals surface area (Å²) in [5.41, 5.74) is 0. The van der Waals surface area contributed by atoms with Gasteiger partial charge in [0.25, 0.3) is 0 Å². The third-order valence-electron chi connectivity index (χ3n) is 4.07. The number of hydrogen-bond acceptors (Lipinski definition) is 2. The van der Waals surface area contributed by atoms with Gasteiger partial charge in [-0.05, 0) is 55.8 Å². The van der Waals surface area contributed by atoms with Crippen LogP contribution in [0.5, 0.6) is 0 Å². The van der Waals surface area contributed by atoms with Gasteiger partial charge in [-0.1, -0.05) is 0 Å². The molecule has 2 unspecified atom stereocenters. The molecule has 6 heteroatoms. The van der Waals surface area contributed by atoms with Crippen LogP contribution < -0.4 is 0 Å². The van der Waals surface area contributed by atoms with Crippen molar-refractivity contribution < 1.29 is 10.2 Å². The minimum absolute atomic E-state index is 0.0477. The molecule has 0 aliphatic rings. The van der Waals surface area contributed by atoms with Crippen LogP contribution in [0.25, 0.3) is 0 Å². The van der Waals surface area contributed by atoms with Crippen LogP contribution in [0, 0.1) is 0 Å². The van der Waals surface area contributed by atoms with E-state index >= 15 is 0 Å². The van der Waals surface area contributed by atoms with Gasteiger partial charge in [-0.3, -0.25) is 0 Å². The lowest BCUT2D eigenvalue weighted by molar-refractivity contribution is 0.363. The Labute approximate surface area is 117 Å². The highest BCUT2D eigenvalue weighted by Crippen LogP contribution is 2.70. The van der Waals surface area contributed by atoms with Crippen LogP contribution in [-0.4, -0.2) is 60.7 Å². The van der Waals surface area contributed by atoms with E-state index < -0.39 is 14.3 Å². The van der Waals surface area contributed by atoms with E-state index in [-0.39, 0.29) is 23.0 Å². The van der Waals surface area contributed by atoms with E-state index in [4.69, 9.17) is 15.1 Å². The highest BCUT2D eigenvalue weighted by Gasteiger charge is 2.50. The minimum Gasteiger partial charge on any atom is -0.363 e. The summed E-state index contributed by atoms with van der Waals surface area (Å²) >= 11 is 0. The first-order valence-electron chi connectivity index (χ1n) is 6.36. The largest absolute Gasteiger partial charge is 0.368 e. The Morgan fingerprint density at radius 1 is 0.722 bits per heavy atom. The van der Waals surface area contributed by atoms with Crippen LogP contribution in [-0.2, 0) is 0 Å². The average Bonchev–Trinajstić information content (AvgIpc) is 2.22. The Hall–Kier alpha value is 0.910. The van der Waals surface area contributed by atoms with Gasteiger partial charge in [0.1, 0.15) is 12.7 Å². The zero-order valence-corrected chi connectivity index (χ0v) is 14.6. The first-order valence-corrected chi connectivity index (χ1v) is 10.8. The summed E-state index contributed by atoms with van der Waals surface area (Å²) in [4.78, 5) is 0. The molecule has 4 radical (unpaired) electrons. The highest BCUT2D eigenvalue weighted by atomic mass is 31.2. The molecule has 2 nitrogen and oxygen atoms in total. The van der Waals surface area contributed by atoms with Gasteiger partial charge < -0.3 is 10.2 Å². The standard InChI is InChI=1S/C12H28B2O2P2/c1-11(2,3)17(13,9-15)7-8-18(14,10-16)12(4,5)6/h15-16H,7-10H2,1-6H3/q+2. The van der Waals surface area contributed by atoms with Gasteiger partial charge in [0.05, 0.1) is 22.6 Å². The number of hydrogen-bond donors (Lipinski definition) is 2. The molecule has 0 aliphatic heterocycles. The van der Waals surface area contributed by atoms with Crippen LogP contribution in [0.1, 0.15) is 41.5 Å². The average molecular weight is 288 g/mol. The molecule has 0 saturated heterocycles. The molecule has 2 N–H and O–H groups in total. The highest BCUT2D eigenvalue weighted by molar-refractivity contribution is 8.01. The number of aliphatic hydroxyl groups excluding tert-OH is 2. The summed E-state index contributed by atoms with van der Waals surface area (Å²) in [6, 6.07) is 0. The molecule has 0 bridgehead atoms. The second-order valence-corrected chi connectivity index (χ2v) is 15.4.